The van der Waals surface area contributed by atoms with Crippen molar-refractivity contribution in [3.8, 4) is 0 Å². The van der Waals surface area contributed by atoms with Gasteiger partial charge in [0.2, 0.25) is 0 Å². The summed E-state index contributed by atoms with van der Waals surface area (Å²) in [7, 11) is 0. The highest BCUT2D eigenvalue weighted by Gasteiger charge is 2.25. The van der Waals surface area contributed by atoms with Gasteiger partial charge in [0.05, 0.1) is 18.1 Å². The number of fused-ring (bicyclic) bond motifs is 1. The van der Waals surface area contributed by atoms with Crippen LogP contribution in [0.25, 0.3) is 11.2 Å². The largest absolute Gasteiger partial charge is 0.319 e. The molecule has 1 aliphatic rings. The maximum Gasteiger partial charge on any atom is 0.311 e. The van der Waals surface area contributed by atoms with Crippen LogP contribution in [-0.4, -0.2) is 24.5 Å². The molecule has 1 saturated carbocycles. The fourth-order valence-electron chi connectivity index (χ4n) is 2.59. The van der Waals surface area contributed by atoms with Crippen LogP contribution in [-0.2, 0) is 6.54 Å². The average molecular weight is 298 g/mol. The Morgan fingerprint density at radius 3 is 2.95 bits per heavy atom. The summed E-state index contributed by atoms with van der Waals surface area (Å²) in [5.74, 6) is 0.644. The minimum atomic E-state index is -0.778. The third kappa shape index (κ3) is 2.33. The van der Waals surface area contributed by atoms with Gasteiger partial charge in [0.15, 0.2) is 5.65 Å². The second-order valence-electron chi connectivity index (χ2n) is 5.65. The van der Waals surface area contributed by atoms with Gasteiger partial charge >= 0.3 is 6.08 Å². The van der Waals surface area contributed by atoms with Gasteiger partial charge in [-0.2, -0.15) is 9.37 Å². The van der Waals surface area contributed by atoms with E-state index in [4.69, 9.17) is 5.73 Å². The van der Waals surface area contributed by atoms with Crippen LogP contribution in [0.3, 0.4) is 0 Å². The highest BCUT2D eigenvalue weighted by atomic mass is 19.1. The molecule has 3 aromatic rings. The minimum absolute atomic E-state index is 0.394. The van der Waals surface area contributed by atoms with Crippen molar-refractivity contribution < 1.29 is 4.39 Å². The Bertz CT molecular complexity index is 812. The van der Waals surface area contributed by atoms with E-state index in [-0.39, 0.29) is 0 Å². The zero-order valence-corrected chi connectivity index (χ0v) is 11.9. The smallest absolute Gasteiger partial charge is 0.311 e. The van der Waals surface area contributed by atoms with E-state index in [0.29, 0.717) is 22.8 Å². The summed E-state index contributed by atoms with van der Waals surface area (Å²) in [6.07, 6.45) is 6.63. The van der Waals surface area contributed by atoms with Crippen molar-refractivity contribution in [1.82, 2.24) is 24.5 Å². The molecule has 112 valence electrons. The fraction of sp³-hybridized carbons (Fsp3) is 0.333. The van der Waals surface area contributed by atoms with Crippen molar-refractivity contribution in [2.45, 2.75) is 25.4 Å². The van der Waals surface area contributed by atoms with Gasteiger partial charge in [0, 0.05) is 18.9 Å². The van der Waals surface area contributed by atoms with E-state index in [0.717, 1.165) is 12.1 Å². The Kier molecular flexibility index (Phi) is 3.07. The van der Waals surface area contributed by atoms with E-state index in [1.807, 2.05) is 10.6 Å². The second-order valence-corrected chi connectivity index (χ2v) is 5.65. The number of hydrogen-bond acceptors (Lipinski definition) is 5. The molecule has 0 spiro atoms. The van der Waals surface area contributed by atoms with Crippen molar-refractivity contribution in [2.24, 2.45) is 11.7 Å². The number of nitrogens with zero attached hydrogens (tertiary/aromatic N) is 5. The molecule has 4 rings (SSSR count). The van der Waals surface area contributed by atoms with E-state index >= 15 is 0 Å². The van der Waals surface area contributed by atoms with Crippen molar-refractivity contribution in [1.29, 1.82) is 0 Å². The molecule has 0 bridgehead atoms. The Hall–Kier alpha value is -2.41. The van der Waals surface area contributed by atoms with E-state index in [1.54, 1.807) is 24.8 Å². The third-order valence-electron chi connectivity index (χ3n) is 3.95. The van der Waals surface area contributed by atoms with Gasteiger partial charge in [-0.25, -0.2) is 9.97 Å². The predicted octanol–water partition coefficient (Wildman–Crippen LogP) is 1.82. The highest BCUT2D eigenvalue weighted by molar-refractivity contribution is 5.74. The zero-order chi connectivity index (χ0) is 15.1. The van der Waals surface area contributed by atoms with Crippen LogP contribution in [0.2, 0.25) is 0 Å². The SMILES string of the molecule is NC(c1cccnc1)c1nc(F)nc2c1ncn2CC1CC1. The molecule has 22 heavy (non-hydrogen) atoms. The summed E-state index contributed by atoms with van der Waals surface area (Å²) in [4.78, 5) is 16.2. The van der Waals surface area contributed by atoms with E-state index in [2.05, 4.69) is 19.9 Å². The van der Waals surface area contributed by atoms with Gasteiger partial charge in [0.25, 0.3) is 0 Å². The standard InChI is InChI=1S/C15H15FN6/c16-15-20-12(11(17)10-2-1-5-18-6-10)13-14(21-15)22(8-19-13)7-9-3-4-9/h1-2,5-6,8-9,11H,3-4,7,17H2. The summed E-state index contributed by atoms with van der Waals surface area (Å²) < 4.78 is 15.7. The summed E-state index contributed by atoms with van der Waals surface area (Å²) in [6.45, 7) is 0.814. The molecule has 1 unspecified atom stereocenters. The van der Waals surface area contributed by atoms with Gasteiger partial charge in [-0.05, 0) is 30.4 Å². The summed E-state index contributed by atoms with van der Waals surface area (Å²) in [5, 5.41) is 0. The molecule has 0 aromatic carbocycles. The minimum Gasteiger partial charge on any atom is -0.319 e. The summed E-state index contributed by atoms with van der Waals surface area (Å²) in [5.41, 5.74) is 8.45. The maximum atomic E-state index is 13.8. The number of aromatic nitrogens is 5. The first-order valence-electron chi connectivity index (χ1n) is 7.26. The van der Waals surface area contributed by atoms with Crippen molar-refractivity contribution in [2.75, 3.05) is 0 Å². The molecule has 0 radical (unpaired) electrons. The highest BCUT2D eigenvalue weighted by Crippen LogP contribution is 2.32. The molecule has 0 aliphatic heterocycles. The van der Waals surface area contributed by atoms with Gasteiger partial charge in [-0.1, -0.05) is 6.07 Å². The molecular weight excluding hydrogens is 283 g/mol. The van der Waals surface area contributed by atoms with E-state index < -0.39 is 12.1 Å². The topological polar surface area (TPSA) is 82.5 Å². The monoisotopic (exact) mass is 298 g/mol. The first kappa shape index (κ1) is 13.3. The predicted molar refractivity (Wildman–Crippen MR) is 78.3 cm³/mol. The van der Waals surface area contributed by atoms with Crippen LogP contribution < -0.4 is 5.73 Å². The maximum absolute atomic E-state index is 13.8. The Morgan fingerprint density at radius 2 is 2.23 bits per heavy atom. The number of nitrogens with two attached hydrogens (primary N) is 1. The van der Waals surface area contributed by atoms with Crippen LogP contribution in [0, 0.1) is 12.0 Å². The van der Waals surface area contributed by atoms with Crippen LogP contribution in [0.4, 0.5) is 4.39 Å². The third-order valence-corrected chi connectivity index (χ3v) is 3.95. The molecule has 1 aliphatic carbocycles. The Morgan fingerprint density at radius 1 is 1.36 bits per heavy atom. The second kappa shape index (κ2) is 5.10. The number of hydrogen-bond donors (Lipinski definition) is 1. The van der Waals surface area contributed by atoms with E-state index in [9.17, 15) is 4.39 Å². The molecule has 7 heteroatoms. The Balaban J connectivity index is 1.81. The number of pyridine rings is 1. The molecule has 6 nitrogen and oxygen atoms in total. The number of imidazole rings is 1. The first-order chi connectivity index (χ1) is 10.7. The zero-order valence-electron chi connectivity index (χ0n) is 11.9. The Labute approximate surface area is 126 Å². The van der Waals surface area contributed by atoms with Crippen LogP contribution >= 0.6 is 0 Å². The lowest BCUT2D eigenvalue weighted by molar-refractivity contribution is 0.530. The van der Waals surface area contributed by atoms with Gasteiger partial charge in [0.1, 0.15) is 5.52 Å². The number of rotatable bonds is 4. The summed E-state index contributed by atoms with van der Waals surface area (Å²) in [6, 6.07) is 3.04. The molecule has 3 aromatic heterocycles. The van der Waals surface area contributed by atoms with Crippen molar-refractivity contribution >= 4 is 11.2 Å². The molecule has 2 N–H and O–H groups in total. The summed E-state index contributed by atoms with van der Waals surface area (Å²) >= 11 is 0. The molecule has 3 heterocycles. The van der Waals surface area contributed by atoms with E-state index in [1.165, 1.54) is 12.8 Å². The average Bonchev–Trinajstić information content (AvgIpc) is 3.27. The first-order valence-corrected chi connectivity index (χ1v) is 7.26. The number of halogens is 1. The van der Waals surface area contributed by atoms with Crippen LogP contribution in [0.5, 0.6) is 0 Å². The lowest BCUT2D eigenvalue weighted by atomic mass is 10.1. The van der Waals surface area contributed by atoms with Crippen molar-refractivity contribution in [3.05, 3.63) is 48.2 Å². The molecule has 1 fully saturated rings. The molecule has 0 amide bonds. The lowest BCUT2D eigenvalue weighted by Gasteiger charge is -2.11. The van der Waals surface area contributed by atoms with Gasteiger partial charge in [-0.3, -0.25) is 4.98 Å². The van der Waals surface area contributed by atoms with Crippen LogP contribution in [0.1, 0.15) is 30.1 Å². The van der Waals surface area contributed by atoms with Gasteiger partial charge in [-0.15, -0.1) is 0 Å². The normalized spacial score (nSPS) is 16.1. The lowest BCUT2D eigenvalue weighted by Crippen LogP contribution is -2.16. The fourth-order valence-corrected chi connectivity index (χ4v) is 2.59. The van der Waals surface area contributed by atoms with Gasteiger partial charge < -0.3 is 10.3 Å². The quantitative estimate of drug-likeness (QED) is 0.743. The van der Waals surface area contributed by atoms with Crippen LogP contribution in [0.15, 0.2) is 30.9 Å². The molecule has 1 atom stereocenters. The van der Waals surface area contributed by atoms with Crippen molar-refractivity contribution in [3.63, 3.8) is 0 Å². The molecular formula is C15H15FN6. The molecule has 0 saturated heterocycles.